The third-order valence-corrected chi connectivity index (χ3v) is 7.25. The van der Waals surface area contributed by atoms with E-state index in [1.54, 1.807) is 24.3 Å². The van der Waals surface area contributed by atoms with Crippen LogP contribution in [0.3, 0.4) is 0 Å². The number of aliphatic hydroxyl groups is 1. The molecule has 218 valence electrons. The molecule has 2 aromatic rings. The van der Waals surface area contributed by atoms with Gasteiger partial charge in [-0.3, -0.25) is 9.69 Å². The van der Waals surface area contributed by atoms with Crippen LogP contribution >= 0.6 is 0 Å². The lowest BCUT2D eigenvalue weighted by molar-refractivity contribution is -0.287. The monoisotopic (exact) mass is 574 g/mol. The summed E-state index contributed by atoms with van der Waals surface area (Å²) in [5.41, 5.74) is 0.366. The van der Waals surface area contributed by atoms with Gasteiger partial charge in [0.2, 0.25) is 0 Å². The summed E-state index contributed by atoms with van der Waals surface area (Å²) in [4.78, 5) is 26.8. The molecule has 0 spiro atoms. The summed E-state index contributed by atoms with van der Waals surface area (Å²) in [6.07, 6.45) is -6.00. The number of halogens is 6. The Hall–Kier alpha value is -3.32. The van der Waals surface area contributed by atoms with Crippen LogP contribution in [0.1, 0.15) is 29.6 Å². The average Bonchev–Trinajstić information content (AvgIpc) is 3.29. The van der Waals surface area contributed by atoms with Crippen LogP contribution in [0.4, 0.5) is 26.3 Å². The number of aliphatic hydroxyl groups excluding tert-OH is 1. The molecule has 2 fully saturated rings. The Morgan fingerprint density at radius 1 is 1.00 bits per heavy atom. The van der Waals surface area contributed by atoms with E-state index in [9.17, 15) is 46.1 Å². The van der Waals surface area contributed by atoms with E-state index < -0.39 is 48.5 Å². The van der Waals surface area contributed by atoms with E-state index in [1.807, 2.05) is 0 Å². The molecule has 7 nitrogen and oxygen atoms in total. The first kappa shape index (κ1) is 29.7. The van der Waals surface area contributed by atoms with Crippen molar-refractivity contribution in [2.45, 2.75) is 43.5 Å². The Kier molecular flexibility index (Phi) is 8.64. The third kappa shape index (κ3) is 6.52. The van der Waals surface area contributed by atoms with Crippen molar-refractivity contribution in [3.05, 3.63) is 53.8 Å². The molecule has 1 amide bonds. The molecule has 2 aromatic carbocycles. The second kappa shape index (κ2) is 11.7. The molecule has 2 heterocycles. The molecule has 2 saturated heterocycles. The number of amides is 1. The summed E-state index contributed by atoms with van der Waals surface area (Å²) >= 11 is 0. The highest BCUT2D eigenvalue weighted by atomic mass is 19.4. The molecule has 0 aliphatic carbocycles. The second-order valence-corrected chi connectivity index (χ2v) is 10.1. The minimum atomic E-state index is -5.59. The fourth-order valence-electron chi connectivity index (χ4n) is 5.02. The van der Waals surface area contributed by atoms with Gasteiger partial charge in [-0.1, -0.05) is 24.3 Å². The Morgan fingerprint density at radius 2 is 1.65 bits per heavy atom. The first-order chi connectivity index (χ1) is 18.8. The number of carboxylic acid groups (broad SMARTS) is 1. The number of hydrogen-bond donors (Lipinski definition) is 2. The lowest BCUT2D eigenvalue weighted by atomic mass is 9.97. The maximum Gasteiger partial charge on any atom is 0.454 e. The van der Waals surface area contributed by atoms with Gasteiger partial charge in [0.25, 0.3) is 5.91 Å². The molecular formula is C27H28F6N2O5. The van der Waals surface area contributed by atoms with E-state index in [1.165, 1.54) is 12.1 Å². The number of piperidine rings is 1. The summed E-state index contributed by atoms with van der Waals surface area (Å²) < 4.78 is 84.6. The predicted octanol–water partition coefficient (Wildman–Crippen LogP) is 4.44. The first-order valence-electron chi connectivity index (χ1n) is 12.7. The largest absolute Gasteiger partial charge is 0.493 e. The van der Waals surface area contributed by atoms with Crippen LogP contribution in [0.5, 0.6) is 5.75 Å². The number of nitrogens with zero attached hydrogens (tertiary/aromatic N) is 2. The van der Waals surface area contributed by atoms with Crippen LogP contribution in [0.2, 0.25) is 0 Å². The lowest BCUT2D eigenvalue weighted by Gasteiger charge is -2.34. The SMILES string of the molecule is O=C(O)C1CC(O)CN1C(=O)c1c(F)cccc1-c1ccc(OCC2CCN(CC(F)(F)C(F)(F)F)CC2)cc1. The number of rotatable bonds is 8. The zero-order valence-corrected chi connectivity index (χ0v) is 21.2. The topological polar surface area (TPSA) is 90.3 Å². The molecule has 2 N–H and O–H groups in total. The van der Waals surface area contributed by atoms with Gasteiger partial charge in [0, 0.05) is 13.0 Å². The maximum atomic E-state index is 14.9. The molecule has 0 bridgehead atoms. The van der Waals surface area contributed by atoms with Crippen molar-refractivity contribution in [1.82, 2.24) is 9.80 Å². The number of likely N-dealkylation sites (tertiary alicyclic amines) is 2. The maximum absolute atomic E-state index is 14.9. The van der Waals surface area contributed by atoms with Crippen LogP contribution in [0.25, 0.3) is 11.1 Å². The van der Waals surface area contributed by atoms with Crippen LogP contribution in [0, 0.1) is 11.7 Å². The highest BCUT2D eigenvalue weighted by Crippen LogP contribution is 2.37. The van der Waals surface area contributed by atoms with Gasteiger partial charge < -0.3 is 19.8 Å². The van der Waals surface area contributed by atoms with E-state index in [0.29, 0.717) is 24.2 Å². The van der Waals surface area contributed by atoms with Crippen LogP contribution in [-0.4, -0.2) is 88.9 Å². The van der Waals surface area contributed by atoms with Gasteiger partial charge in [0.05, 0.1) is 24.8 Å². The number of hydrogen-bond acceptors (Lipinski definition) is 5. The molecular weight excluding hydrogens is 546 g/mol. The van der Waals surface area contributed by atoms with Gasteiger partial charge in [-0.25, -0.2) is 9.18 Å². The van der Waals surface area contributed by atoms with E-state index >= 15 is 0 Å². The fourth-order valence-corrected chi connectivity index (χ4v) is 5.02. The molecule has 0 aromatic heterocycles. The fraction of sp³-hybridized carbons (Fsp3) is 0.481. The summed E-state index contributed by atoms with van der Waals surface area (Å²) in [6, 6.07) is 9.11. The summed E-state index contributed by atoms with van der Waals surface area (Å²) in [6.45, 7) is -1.20. The van der Waals surface area contributed by atoms with Gasteiger partial charge in [0.15, 0.2) is 0 Å². The number of benzene rings is 2. The van der Waals surface area contributed by atoms with Crippen LogP contribution in [-0.2, 0) is 4.79 Å². The van der Waals surface area contributed by atoms with Crippen LogP contribution < -0.4 is 4.74 Å². The van der Waals surface area contributed by atoms with E-state index in [0.717, 1.165) is 15.9 Å². The molecule has 2 unspecified atom stereocenters. The number of carbonyl (C=O) groups excluding carboxylic acids is 1. The molecule has 2 aliphatic heterocycles. The number of β-amino-alcohol motifs (C(OH)–C–C–N with tert-alkyl or cyclic N) is 1. The van der Waals surface area contributed by atoms with Crippen molar-refractivity contribution < 1.29 is 50.9 Å². The Bertz CT molecular complexity index is 1210. The highest BCUT2D eigenvalue weighted by molar-refractivity contribution is 6.03. The minimum absolute atomic E-state index is 0.0409. The summed E-state index contributed by atoms with van der Waals surface area (Å²) in [7, 11) is 0. The zero-order chi connectivity index (χ0) is 29.2. The van der Waals surface area contributed by atoms with E-state index in [4.69, 9.17) is 4.74 Å². The van der Waals surface area contributed by atoms with Crippen molar-refractivity contribution >= 4 is 11.9 Å². The molecule has 0 radical (unpaired) electrons. The molecule has 40 heavy (non-hydrogen) atoms. The van der Waals surface area contributed by atoms with Crippen molar-refractivity contribution in [1.29, 1.82) is 0 Å². The Labute approximate surface area is 225 Å². The number of alkyl halides is 5. The van der Waals surface area contributed by atoms with Crippen LogP contribution in [0.15, 0.2) is 42.5 Å². The quantitative estimate of drug-likeness (QED) is 0.454. The van der Waals surface area contributed by atoms with Gasteiger partial charge in [0.1, 0.15) is 17.6 Å². The van der Waals surface area contributed by atoms with Crippen molar-refractivity contribution in [3.63, 3.8) is 0 Å². The minimum Gasteiger partial charge on any atom is -0.493 e. The van der Waals surface area contributed by atoms with E-state index in [-0.39, 0.29) is 49.7 Å². The third-order valence-electron chi connectivity index (χ3n) is 7.25. The lowest BCUT2D eigenvalue weighted by Crippen LogP contribution is -2.49. The smallest absolute Gasteiger partial charge is 0.454 e. The van der Waals surface area contributed by atoms with Gasteiger partial charge >= 0.3 is 18.1 Å². The number of ether oxygens (including phenoxy) is 1. The summed E-state index contributed by atoms with van der Waals surface area (Å²) in [5.74, 6) is -7.36. The zero-order valence-electron chi connectivity index (χ0n) is 21.2. The standard InChI is InChI=1S/C27H28F6N2O5/c28-21-3-1-2-20(23(21)24(37)35-13-18(36)12-22(35)25(38)39)17-4-6-19(7-5-17)40-14-16-8-10-34(11-9-16)15-26(29,30)27(31,32)33/h1-7,16,18,22,36H,8-15H2,(H,38,39). The van der Waals surface area contributed by atoms with Gasteiger partial charge in [-0.2, -0.15) is 22.0 Å². The second-order valence-electron chi connectivity index (χ2n) is 10.1. The van der Waals surface area contributed by atoms with Gasteiger partial charge in [-0.15, -0.1) is 0 Å². The number of aliphatic carboxylic acids is 1. The van der Waals surface area contributed by atoms with Crippen molar-refractivity contribution in [2.75, 3.05) is 32.8 Å². The van der Waals surface area contributed by atoms with Crippen molar-refractivity contribution in [2.24, 2.45) is 5.92 Å². The Balaban J connectivity index is 1.38. The molecule has 13 heteroatoms. The normalized spacial score (nSPS) is 21.0. The molecule has 0 saturated carbocycles. The van der Waals surface area contributed by atoms with E-state index in [2.05, 4.69) is 0 Å². The molecule has 2 aliphatic rings. The predicted molar refractivity (Wildman–Crippen MR) is 131 cm³/mol. The summed E-state index contributed by atoms with van der Waals surface area (Å²) in [5, 5.41) is 19.3. The average molecular weight is 575 g/mol. The highest BCUT2D eigenvalue weighted by Gasteiger charge is 2.58. The number of carbonyl (C=O) groups is 2. The number of carboxylic acids is 1. The van der Waals surface area contributed by atoms with Crippen molar-refractivity contribution in [3.8, 4) is 16.9 Å². The molecule has 2 atom stereocenters. The van der Waals surface area contributed by atoms with Gasteiger partial charge in [-0.05, 0) is 61.2 Å². The Morgan fingerprint density at radius 3 is 2.25 bits per heavy atom. The first-order valence-corrected chi connectivity index (χ1v) is 12.7. The molecule has 4 rings (SSSR count).